The van der Waals surface area contributed by atoms with E-state index in [0.717, 1.165) is 13.0 Å². The Morgan fingerprint density at radius 3 is 2.36 bits per heavy atom. The predicted molar refractivity (Wildman–Crippen MR) is 89.9 cm³/mol. The molecule has 25 heavy (non-hydrogen) atoms. The average Bonchev–Trinajstić information content (AvgIpc) is 2.87. The lowest BCUT2D eigenvalue weighted by Crippen LogP contribution is -2.71. The number of ether oxygens (including phenoxy) is 5. The maximum atomic E-state index is 12.6. The van der Waals surface area contributed by atoms with Crippen LogP contribution >= 0.6 is 0 Å². The molecule has 3 aliphatic rings. The molecule has 7 nitrogen and oxygen atoms in total. The summed E-state index contributed by atoms with van der Waals surface area (Å²) in [5.74, 6) is -2.28. The Hall–Kier alpha value is -0.730. The van der Waals surface area contributed by atoms with Crippen molar-refractivity contribution in [3.05, 3.63) is 0 Å². The Morgan fingerprint density at radius 1 is 1.16 bits per heavy atom. The Bertz CT molecular complexity index is 534. The van der Waals surface area contributed by atoms with Gasteiger partial charge in [-0.3, -0.25) is 4.79 Å². The summed E-state index contributed by atoms with van der Waals surface area (Å²) in [6.45, 7) is 10.7. The first-order chi connectivity index (χ1) is 11.6. The second kappa shape index (κ2) is 6.16. The number of amides is 1. The van der Waals surface area contributed by atoms with Crippen LogP contribution in [-0.2, 0) is 28.5 Å². The minimum atomic E-state index is -1.09. The van der Waals surface area contributed by atoms with Crippen molar-refractivity contribution in [1.82, 2.24) is 4.90 Å². The molecule has 3 aliphatic heterocycles. The largest absolute Gasteiger partial charge is 0.370 e. The first-order valence-electron chi connectivity index (χ1n) is 8.95. The van der Waals surface area contributed by atoms with Gasteiger partial charge in [0.25, 0.3) is 0 Å². The molecule has 3 heterocycles. The lowest BCUT2D eigenvalue weighted by molar-refractivity contribution is -0.436. The Kier molecular flexibility index (Phi) is 4.70. The summed E-state index contributed by atoms with van der Waals surface area (Å²) in [6, 6.07) is 0.0355. The van der Waals surface area contributed by atoms with Crippen molar-refractivity contribution in [3.8, 4) is 0 Å². The quantitative estimate of drug-likeness (QED) is 0.711. The maximum absolute atomic E-state index is 12.6. The number of β-lactam (4-membered cyclic amide) rings is 1. The van der Waals surface area contributed by atoms with Crippen LogP contribution in [0.3, 0.4) is 0 Å². The highest BCUT2D eigenvalue weighted by Gasteiger charge is 2.63. The Balaban J connectivity index is 1.77. The van der Waals surface area contributed by atoms with E-state index in [1.807, 2.05) is 25.7 Å². The molecule has 6 atom stereocenters. The van der Waals surface area contributed by atoms with E-state index in [2.05, 4.69) is 0 Å². The third kappa shape index (κ3) is 3.00. The number of methoxy groups -OCH3 is 2. The van der Waals surface area contributed by atoms with Crippen LogP contribution in [-0.4, -0.2) is 73.6 Å². The lowest BCUT2D eigenvalue weighted by Gasteiger charge is -2.54. The molecule has 0 aromatic rings. The first kappa shape index (κ1) is 19.0. The van der Waals surface area contributed by atoms with Crippen molar-refractivity contribution in [3.63, 3.8) is 0 Å². The molecule has 0 aromatic heterocycles. The summed E-state index contributed by atoms with van der Waals surface area (Å²) in [6.07, 6.45) is 0.497. The zero-order valence-corrected chi connectivity index (χ0v) is 16.3. The van der Waals surface area contributed by atoms with Crippen LogP contribution < -0.4 is 0 Å². The number of nitrogens with zero attached hydrogens (tertiary/aromatic N) is 1. The van der Waals surface area contributed by atoms with E-state index >= 15 is 0 Å². The van der Waals surface area contributed by atoms with Crippen LogP contribution in [0.4, 0.5) is 0 Å². The third-order valence-electron chi connectivity index (χ3n) is 5.74. The monoisotopic (exact) mass is 357 g/mol. The summed E-state index contributed by atoms with van der Waals surface area (Å²) < 4.78 is 29.4. The molecule has 3 rings (SSSR count). The summed E-state index contributed by atoms with van der Waals surface area (Å²) in [5, 5.41) is 0. The van der Waals surface area contributed by atoms with Gasteiger partial charge in [0.2, 0.25) is 17.5 Å². The van der Waals surface area contributed by atoms with Gasteiger partial charge in [-0.05, 0) is 41.0 Å². The topological polar surface area (TPSA) is 66.5 Å². The first-order valence-corrected chi connectivity index (χ1v) is 8.95. The average molecular weight is 357 g/mol. The minimum Gasteiger partial charge on any atom is -0.370 e. The molecule has 0 radical (unpaired) electrons. The van der Waals surface area contributed by atoms with Gasteiger partial charge in [-0.2, -0.15) is 0 Å². The maximum Gasteiger partial charge on any atom is 0.230 e. The van der Waals surface area contributed by atoms with Crippen LogP contribution in [0.2, 0.25) is 0 Å². The Morgan fingerprint density at radius 2 is 1.80 bits per heavy atom. The van der Waals surface area contributed by atoms with Crippen LogP contribution in [0.5, 0.6) is 0 Å². The van der Waals surface area contributed by atoms with Crippen molar-refractivity contribution in [1.29, 1.82) is 0 Å². The van der Waals surface area contributed by atoms with Crippen molar-refractivity contribution in [2.45, 2.75) is 76.5 Å². The number of carbonyl (C=O) groups excluding carboxylic acids is 1. The van der Waals surface area contributed by atoms with Gasteiger partial charge in [-0.25, -0.2) is 0 Å². The van der Waals surface area contributed by atoms with E-state index in [-0.39, 0.29) is 42.3 Å². The highest BCUT2D eigenvalue weighted by atomic mass is 16.8. The standard InChI is InChI=1S/C18H31NO6/c1-16(2,3)24-11-8-9-19-14(11)13(15(19)20)12-10-23-17(4,21-6)18(5,22-7)25-12/h11-14H,8-10H2,1-7H3/t11-,12+,13+,14-,17+,18+/m0/s1. The van der Waals surface area contributed by atoms with Crippen LogP contribution in [0, 0.1) is 5.92 Å². The van der Waals surface area contributed by atoms with E-state index in [1.54, 1.807) is 28.1 Å². The molecule has 3 saturated heterocycles. The van der Waals surface area contributed by atoms with Gasteiger partial charge >= 0.3 is 0 Å². The molecule has 0 saturated carbocycles. The molecule has 0 aromatic carbocycles. The molecular weight excluding hydrogens is 326 g/mol. The number of hydrogen-bond acceptors (Lipinski definition) is 6. The fraction of sp³-hybridized carbons (Fsp3) is 0.944. The van der Waals surface area contributed by atoms with E-state index in [9.17, 15) is 4.79 Å². The van der Waals surface area contributed by atoms with Crippen LogP contribution in [0.25, 0.3) is 0 Å². The molecule has 1 amide bonds. The molecule has 0 spiro atoms. The summed E-state index contributed by atoms with van der Waals surface area (Å²) >= 11 is 0. The summed E-state index contributed by atoms with van der Waals surface area (Å²) in [7, 11) is 3.11. The predicted octanol–water partition coefficient (Wildman–Crippen LogP) is 1.54. The molecule has 3 fully saturated rings. The van der Waals surface area contributed by atoms with Crippen molar-refractivity contribution >= 4 is 5.91 Å². The molecule has 0 aliphatic carbocycles. The SMILES string of the molecule is CO[C@]1(C)OC[C@H]([C@H]2C(=O)N3CC[C@H](OC(C)(C)C)[C@@H]23)O[C@@]1(C)OC. The highest BCUT2D eigenvalue weighted by molar-refractivity contribution is 5.87. The highest BCUT2D eigenvalue weighted by Crippen LogP contribution is 2.45. The van der Waals surface area contributed by atoms with E-state index in [1.165, 1.54) is 0 Å². The molecule has 0 bridgehead atoms. The number of rotatable bonds is 4. The fourth-order valence-corrected chi connectivity index (χ4v) is 4.14. The van der Waals surface area contributed by atoms with E-state index in [4.69, 9.17) is 23.7 Å². The number of fused-ring (bicyclic) bond motifs is 1. The third-order valence-corrected chi connectivity index (χ3v) is 5.74. The summed E-state index contributed by atoms with van der Waals surface area (Å²) in [5.41, 5.74) is -0.247. The van der Waals surface area contributed by atoms with Crippen LogP contribution in [0.15, 0.2) is 0 Å². The summed E-state index contributed by atoms with van der Waals surface area (Å²) in [4.78, 5) is 14.5. The fourth-order valence-electron chi connectivity index (χ4n) is 4.14. The second-order valence-corrected chi connectivity index (χ2v) is 8.37. The number of hydrogen-bond donors (Lipinski definition) is 0. The smallest absolute Gasteiger partial charge is 0.230 e. The zero-order valence-electron chi connectivity index (χ0n) is 16.3. The van der Waals surface area contributed by atoms with Gasteiger partial charge < -0.3 is 28.6 Å². The molecule has 0 N–H and O–H groups in total. The normalized spacial score (nSPS) is 44.6. The van der Waals surface area contributed by atoms with Gasteiger partial charge in [0.1, 0.15) is 0 Å². The van der Waals surface area contributed by atoms with Crippen molar-refractivity contribution in [2.75, 3.05) is 27.4 Å². The zero-order chi connectivity index (χ0) is 18.6. The van der Waals surface area contributed by atoms with Gasteiger partial charge in [0.05, 0.1) is 36.4 Å². The van der Waals surface area contributed by atoms with Crippen molar-refractivity contribution in [2.24, 2.45) is 5.92 Å². The van der Waals surface area contributed by atoms with Gasteiger partial charge in [-0.1, -0.05) is 0 Å². The number of carbonyl (C=O) groups is 1. The molecule has 7 heteroatoms. The second-order valence-electron chi connectivity index (χ2n) is 8.37. The van der Waals surface area contributed by atoms with Crippen molar-refractivity contribution < 1.29 is 28.5 Å². The van der Waals surface area contributed by atoms with E-state index in [0.29, 0.717) is 0 Å². The Labute approximate surface area is 149 Å². The minimum absolute atomic E-state index is 0.0239. The molecule has 144 valence electrons. The molecule has 0 unspecified atom stereocenters. The van der Waals surface area contributed by atoms with Crippen LogP contribution in [0.1, 0.15) is 41.0 Å². The molecular formula is C18H31NO6. The lowest BCUT2D eigenvalue weighted by atomic mass is 9.81. The van der Waals surface area contributed by atoms with Gasteiger partial charge in [0, 0.05) is 20.8 Å². The van der Waals surface area contributed by atoms with Gasteiger partial charge in [0.15, 0.2) is 0 Å². The van der Waals surface area contributed by atoms with E-state index < -0.39 is 11.6 Å². The van der Waals surface area contributed by atoms with Gasteiger partial charge in [-0.15, -0.1) is 0 Å².